The van der Waals surface area contributed by atoms with Crippen molar-refractivity contribution in [2.75, 3.05) is 0 Å². The third kappa shape index (κ3) is 5.52. The number of halogens is 2. The Labute approximate surface area is 124 Å². The zero-order valence-corrected chi connectivity index (χ0v) is 15.7. The minimum Gasteiger partial charge on any atom is -0.107 e. The quantitative estimate of drug-likeness (QED) is 0.357. The summed E-state index contributed by atoms with van der Waals surface area (Å²) in [6, 6.07) is 0. The summed E-state index contributed by atoms with van der Waals surface area (Å²) < 4.78 is 1.70. The van der Waals surface area contributed by atoms with Crippen LogP contribution in [0.1, 0.15) is 26.7 Å². The van der Waals surface area contributed by atoms with Crippen LogP contribution in [-0.4, -0.2) is 0 Å². The van der Waals surface area contributed by atoms with Gasteiger partial charge in [0.25, 0.3) is 0 Å². The zero-order chi connectivity index (χ0) is 7.56. The van der Waals surface area contributed by atoms with Crippen LogP contribution in [0.25, 0.3) is 0 Å². The summed E-state index contributed by atoms with van der Waals surface area (Å²) in [6.07, 6.45) is 7.13. The minimum atomic E-state index is 0. The second kappa shape index (κ2) is 8.15. The van der Waals surface area contributed by atoms with Crippen LogP contribution < -0.4 is 0 Å². The average molecular weight is 556 g/mol. The maximum absolute atomic E-state index is 2.31. The minimum absolute atomic E-state index is 0. The first kappa shape index (κ1) is 16.2. The van der Waals surface area contributed by atoms with Crippen molar-refractivity contribution in [3.8, 4) is 0 Å². The first-order chi connectivity index (χ1) is 4.70. The Morgan fingerprint density at radius 1 is 1.42 bits per heavy atom. The standard InChI is InChI=1S/C9H13.Hf.2HI/c1-8(2)7-9-5-3-4-6-9;;;/h3,5,8H,4,7H2,1-2H3;;2*1H. The van der Waals surface area contributed by atoms with Crippen molar-refractivity contribution in [3.05, 3.63) is 21.1 Å². The molecule has 0 radical (unpaired) electrons. The van der Waals surface area contributed by atoms with E-state index in [-0.39, 0.29) is 48.0 Å². The predicted molar refractivity (Wildman–Crippen MR) is 71.1 cm³/mol. The third-order valence-electron chi connectivity index (χ3n) is 1.66. The van der Waals surface area contributed by atoms with Crippen molar-refractivity contribution < 1.29 is 24.4 Å². The van der Waals surface area contributed by atoms with Crippen LogP contribution >= 0.6 is 48.0 Å². The van der Waals surface area contributed by atoms with Crippen molar-refractivity contribution in [2.45, 2.75) is 26.7 Å². The third-order valence-corrected chi connectivity index (χ3v) is 3.54. The van der Waals surface area contributed by atoms with E-state index in [1.54, 1.807) is 8.90 Å². The Morgan fingerprint density at radius 3 is 2.33 bits per heavy atom. The summed E-state index contributed by atoms with van der Waals surface area (Å²) in [5, 5.41) is 0. The molecule has 69 valence electrons. The number of hydrogen-bond acceptors (Lipinski definition) is 0. The van der Waals surface area contributed by atoms with E-state index in [9.17, 15) is 0 Å². The summed E-state index contributed by atoms with van der Waals surface area (Å²) in [4.78, 5) is 0. The molecule has 0 bridgehead atoms. The smallest absolute Gasteiger partial charge is 0.107 e. The summed E-state index contributed by atoms with van der Waals surface area (Å²) in [5.41, 5.74) is 1.63. The molecule has 1 rings (SSSR count). The fourth-order valence-electron chi connectivity index (χ4n) is 1.18. The topological polar surface area (TPSA) is 0 Å². The van der Waals surface area contributed by atoms with Crippen molar-refractivity contribution in [2.24, 2.45) is 5.92 Å². The molecule has 1 aliphatic carbocycles. The van der Waals surface area contributed by atoms with Gasteiger partial charge in [-0.2, -0.15) is 0 Å². The Bertz CT molecular complexity index is 183. The summed E-state index contributed by atoms with van der Waals surface area (Å²) in [5.74, 6) is 0.821. The first-order valence-corrected chi connectivity index (χ1v) is 5.60. The van der Waals surface area contributed by atoms with E-state index in [4.69, 9.17) is 0 Å². The van der Waals surface area contributed by atoms with E-state index in [2.05, 4.69) is 26.0 Å². The summed E-state index contributed by atoms with van der Waals surface area (Å²) >= 11 is 1.26. The molecular weight excluding hydrogens is 540 g/mol. The van der Waals surface area contributed by atoms with Gasteiger partial charge in [-0.3, -0.25) is 0 Å². The molecule has 0 unspecified atom stereocenters. The summed E-state index contributed by atoms with van der Waals surface area (Å²) in [7, 11) is 0. The molecule has 12 heavy (non-hydrogen) atoms. The van der Waals surface area contributed by atoms with Crippen LogP contribution in [0, 0.1) is 5.92 Å². The molecule has 0 spiro atoms. The Kier molecular flexibility index (Phi) is 11.0. The molecule has 0 saturated heterocycles. The molecule has 0 aromatic carbocycles. The van der Waals surface area contributed by atoms with E-state index < -0.39 is 0 Å². The average Bonchev–Trinajstić information content (AvgIpc) is 2.15. The summed E-state index contributed by atoms with van der Waals surface area (Å²) in [6.45, 7) is 4.57. The van der Waals surface area contributed by atoms with Gasteiger partial charge in [-0.25, -0.2) is 0 Å². The molecule has 0 heterocycles. The van der Waals surface area contributed by atoms with E-state index in [1.807, 2.05) is 0 Å². The Balaban J connectivity index is 0. The molecule has 0 nitrogen and oxygen atoms in total. The molecule has 1 aliphatic rings. The van der Waals surface area contributed by atoms with Crippen molar-refractivity contribution in [1.82, 2.24) is 0 Å². The van der Waals surface area contributed by atoms with Crippen molar-refractivity contribution in [1.29, 1.82) is 0 Å². The second-order valence-electron chi connectivity index (χ2n) is 3.21. The van der Waals surface area contributed by atoms with Crippen LogP contribution in [0.5, 0.6) is 0 Å². The molecule has 0 atom stereocenters. The number of allylic oxidation sites excluding steroid dienone is 4. The number of hydrogen-bond donors (Lipinski definition) is 0. The van der Waals surface area contributed by atoms with Gasteiger partial charge in [-0.1, -0.05) is 0 Å². The fourth-order valence-corrected chi connectivity index (χ4v) is 2.27. The van der Waals surface area contributed by atoms with Gasteiger partial charge in [0.2, 0.25) is 0 Å². The van der Waals surface area contributed by atoms with Gasteiger partial charge < -0.3 is 0 Å². The van der Waals surface area contributed by atoms with E-state index >= 15 is 0 Å². The van der Waals surface area contributed by atoms with Crippen LogP contribution in [0.15, 0.2) is 21.1 Å². The molecular formula is C9H15HfI2. The molecule has 0 aromatic heterocycles. The van der Waals surface area contributed by atoms with Crippen LogP contribution in [0.4, 0.5) is 0 Å². The molecule has 0 aromatic rings. The molecule has 0 amide bonds. The maximum Gasteiger partial charge on any atom is -0.107 e. The Morgan fingerprint density at radius 2 is 2.00 bits per heavy atom. The monoisotopic (exact) mass is 557 g/mol. The van der Waals surface area contributed by atoms with E-state index in [1.165, 1.54) is 37.2 Å². The molecule has 0 N–H and O–H groups in total. The van der Waals surface area contributed by atoms with Crippen LogP contribution in [-0.2, 0) is 24.4 Å². The van der Waals surface area contributed by atoms with Crippen LogP contribution in [0.2, 0.25) is 0 Å². The molecule has 0 aliphatic heterocycles. The van der Waals surface area contributed by atoms with Gasteiger partial charge in [0, 0.05) is 0 Å². The largest absolute Gasteiger partial charge is 0.107 e. The molecule has 0 fully saturated rings. The maximum atomic E-state index is 2.31. The van der Waals surface area contributed by atoms with Gasteiger partial charge >= 0.3 is 78.0 Å². The zero-order valence-electron chi connectivity index (χ0n) is 7.46. The van der Waals surface area contributed by atoms with Crippen molar-refractivity contribution in [3.63, 3.8) is 0 Å². The van der Waals surface area contributed by atoms with Gasteiger partial charge in [0.15, 0.2) is 0 Å². The van der Waals surface area contributed by atoms with Crippen molar-refractivity contribution >= 4 is 48.0 Å². The predicted octanol–water partition coefficient (Wildman–Crippen LogP) is 4.03. The number of rotatable bonds is 2. The van der Waals surface area contributed by atoms with Gasteiger partial charge in [-0.15, -0.1) is 48.0 Å². The second-order valence-corrected chi connectivity index (χ2v) is 5.38. The van der Waals surface area contributed by atoms with Gasteiger partial charge in [0.1, 0.15) is 0 Å². The fraction of sp³-hybridized carbons (Fsp3) is 0.556. The van der Waals surface area contributed by atoms with Gasteiger partial charge in [-0.05, 0) is 0 Å². The molecule has 0 saturated carbocycles. The SMILES string of the molecule is CC(C)CC1=[C]([Hf])CC=C1.I.I. The van der Waals surface area contributed by atoms with E-state index in [0.717, 1.165) is 5.92 Å². The normalized spacial score (nSPS) is 14.5. The first-order valence-electron chi connectivity index (χ1n) is 3.80. The van der Waals surface area contributed by atoms with Gasteiger partial charge in [0.05, 0.1) is 0 Å². The van der Waals surface area contributed by atoms with E-state index in [0.29, 0.717) is 0 Å². The van der Waals surface area contributed by atoms with Crippen LogP contribution in [0.3, 0.4) is 0 Å². The molecule has 3 heteroatoms. The Hall–Kier alpha value is 1.81.